The van der Waals surface area contributed by atoms with Crippen molar-refractivity contribution >= 4 is 5.91 Å². The van der Waals surface area contributed by atoms with Crippen molar-refractivity contribution in [1.82, 2.24) is 14.9 Å². The van der Waals surface area contributed by atoms with Crippen LogP contribution >= 0.6 is 0 Å². The fourth-order valence-electron chi connectivity index (χ4n) is 1.75. The van der Waals surface area contributed by atoms with Gasteiger partial charge in [-0.05, 0) is 25.2 Å². The second-order valence-corrected chi connectivity index (χ2v) is 5.89. The highest BCUT2D eigenvalue weighted by Crippen LogP contribution is 2.17. The normalized spacial score (nSPS) is 11.6. The molecule has 0 aliphatic heterocycles. The Hall–Kier alpha value is -1.32. The van der Waals surface area contributed by atoms with Crippen molar-refractivity contribution in [3.05, 3.63) is 18.2 Å². The van der Waals surface area contributed by atoms with E-state index in [1.807, 2.05) is 6.33 Å². The van der Waals surface area contributed by atoms with Crippen LogP contribution in [-0.2, 0) is 17.8 Å². The minimum atomic E-state index is 0.0595. The maximum Gasteiger partial charge on any atom is 0.220 e. The molecule has 1 aromatic heterocycles. The number of rotatable bonds is 6. The molecule has 0 aliphatic carbocycles. The number of hydrogen-bond donors (Lipinski definition) is 1. The number of aryl methyl sites for hydroxylation is 2. The Labute approximate surface area is 110 Å². The Bertz CT molecular complexity index is 377. The molecule has 0 saturated heterocycles. The van der Waals surface area contributed by atoms with Crippen LogP contribution in [0.5, 0.6) is 0 Å². The van der Waals surface area contributed by atoms with Crippen LogP contribution in [0, 0.1) is 5.41 Å². The van der Waals surface area contributed by atoms with Crippen molar-refractivity contribution in [2.75, 3.05) is 6.54 Å². The maximum atomic E-state index is 11.6. The van der Waals surface area contributed by atoms with Crippen LogP contribution < -0.4 is 5.32 Å². The standard InChI is InChI=1S/C14H25N3O/c1-5-17-10-12(16-11-17)7-6-8-15-13(18)9-14(2,3)4/h10-11H,5-9H2,1-4H3,(H,15,18). The summed E-state index contributed by atoms with van der Waals surface area (Å²) in [6.45, 7) is 10.00. The summed E-state index contributed by atoms with van der Waals surface area (Å²) in [4.78, 5) is 15.9. The topological polar surface area (TPSA) is 46.9 Å². The zero-order chi connectivity index (χ0) is 13.6. The lowest BCUT2D eigenvalue weighted by atomic mass is 9.92. The molecule has 0 aromatic carbocycles. The Morgan fingerprint density at radius 1 is 1.44 bits per heavy atom. The summed E-state index contributed by atoms with van der Waals surface area (Å²) in [6, 6.07) is 0. The van der Waals surface area contributed by atoms with Crippen molar-refractivity contribution < 1.29 is 4.79 Å². The van der Waals surface area contributed by atoms with Gasteiger partial charge in [0.2, 0.25) is 5.91 Å². The van der Waals surface area contributed by atoms with E-state index < -0.39 is 0 Å². The fourth-order valence-corrected chi connectivity index (χ4v) is 1.75. The molecule has 4 nitrogen and oxygen atoms in total. The largest absolute Gasteiger partial charge is 0.356 e. The molecule has 0 unspecified atom stereocenters. The van der Waals surface area contributed by atoms with E-state index in [2.05, 4.69) is 48.8 Å². The molecule has 1 amide bonds. The highest BCUT2D eigenvalue weighted by atomic mass is 16.1. The molecular weight excluding hydrogens is 226 g/mol. The molecule has 18 heavy (non-hydrogen) atoms. The first-order chi connectivity index (χ1) is 8.40. The summed E-state index contributed by atoms with van der Waals surface area (Å²) in [5, 5.41) is 2.96. The first-order valence-corrected chi connectivity index (χ1v) is 6.68. The monoisotopic (exact) mass is 251 g/mol. The van der Waals surface area contributed by atoms with E-state index in [9.17, 15) is 4.79 Å². The highest BCUT2D eigenvalue weighted by Gasteiger charge is 2.15. The molecule has 1 rings (SSSR count). The third-order valence-electron chi connectivity index (χ3n) is 2.67. The minimum absolute atomic E-state index is 0.0595. The van der Waals surface area contributed by atoms with Crippen molar-refractivity contribution in [2.24, 2.45) is 5.41 Å². The van der Waals surface area contributed by atoms with Gasteiger partial charge in [0.1, 0.15) is 0 Å². The lowest BCUT2D eigenvalue weighted by molar-refractivity contribution is -0.122. The smallest absolute Gasteiger partial charge is 0.220 e. The molecule has 0 aliphatic rings. The maximum absolute atomic E-state index is 11.6. The lowest BCUT2D eigenvalue weighted by Gasteiger charge is -2.17. The summed E-state index contributed by atoms with van der Waals surface area (Å²) in [6.07, 6.45) is 6.36. The Morgan fingerprint density at radius 3 is 2.72 bits per heavy atom. The molecule has 0 saturated carbocycles. The first-order valence-electron chi connectivity index (χ1n) is 6.68. The van der Waals surface area contributed by atoms with Gasteiger partial charge in [0.05, 0.1) is 12.0 Å². The van der Waals surface area contributed by atoms with Crippen molar-refractivity contribution in [3.8, 4) is 0 Å². The van der Waals surface area contributed by atoms with Crippen LogP contribution in [0.15, 0.2) is 12.5 Å². The Morgan fingerprint density at radius 2 is 2.17 bits per heavy atom. The molecule has 0 fully saturated rings. The van der Waals surface area contributed by atoms with Gasteiger partial charge < -0.3 is 9.88 Å². The molecular formula is C14H25N3O. The number of hydrogen-bond acceptors (Lipinski definition) is 2. The minimum Gasteiger partial charge on any atom is -0.356 e. The predicted molar refractivity (Wildman–Crippen MR) is 73.3 cm³/mol. The molecule has 1 heterocycles. The van der Waals surface area contributed by atoms with E-state index in [4.69, 9.17) is 0 Å². The zero-order valence-corrected chi connectivity index (χ0v) is 12.0. The summed E-state index contributed by atoms with van der Waals surface area (Å²) in [5.74, 6) is 0.140. The Kier molecular flexibility index (Phi) is 5.38. The van der Waals surface area contributed by atoms with Gasteiger partial charge in [-0.3, -0.25) is 4.79 Å². The lowest BCUT2D eigenvalue weighted by Crippen LogP contribution is -2.28. The van der Waals surface area contributed by atoms with Crippen molar-refractivity contribution in [1.29, 1.82) is 0 Å². The van der Waals surface area contributed by atoms with E-state index in [0.717, 1.165) is 31.6 Å². The number of nitrogens with one attached hydrogen (secondary N) is 1. The van der Waals surface area contributed by atoms with E-state index >= 15 is 0 Å². The quantitative estimate of drug-likeness (QED) is 0.789. The SMILES string of the molecule is CCn1cnc(CCCNC(=O)CC(C)(C)C)c1. The van der Waals surface area contributed by atoms with Gasteiger partial charge in [0.15, 0.2) is 0 Å². The van der Waals surface area contributed by atoms with Crippen LogP contribution in [0.1, 0.15) is 46.2 Å². The average molecular weight is 251 g/mol. The van der Waals surface area contributed by atoms with Gasteiger partial charge in [0, 0.05) is 25.7 Å². The zero-order valence-electron chi connectivity index (χ0n) is 12.0. The van der Waals surface area contributed by atoms with Crippen LogP contribution in [0.25, 0.3) is 0 Å². The highest BCUT2D eigenvalue weighted by molar-refractivity contribution is 5.76. The predicted octanol–water partition coefficient (Wildman–Crippen LogP) is 2.39. The van der Waals surface area contributed by atoms with E-state index in [1.54, 1.807) is 0 Å². The summed E-state index contributed by atoms with van der Waals surface area (Å²) in [5.41, 5.74) is 1.16. The third kappa shape index (κ3) is 5.84. The van der Waals surface area contributed by atoms with Gasteiger partial charge in [-0.15, -0.1) is 0 Å². The van der Waals surface area contributed by atoms with Crippen LogP contribution in [0.3, 0.4) is 0 Å². The number of amides is 1. The van der Waals surface area contributed by atoms with Gasteiger partial charge in [0.25, 0.3) is 0 Å². The molecule has 0 radical (unpaired) electrons. The molecule has 4 heteroatoms. The molecule has 1 N–H and O–H groups in total. The summed E-state index contributed by atoms with van der Waals surface area (Å²) >= 11 is 0. The molecule has 0 bridgehead atoms. The van der Waals surface area contributed by atoms with E-state index in [0.29, 0.717) is 6.42 Å². The van der Waals surface area contributed by atoms with Crippen molar-refractivity contribution in [3.63, 3.8) is 0 Å². The Balaban J connectivity index is 2.17. The van der Waals surface area contributed by atoms with Gasteiger partial charge in [-0.2, -0.15) is 0 Å². The van der Waals surface area contributed by atoms with Crippen LogP contribution in [0.2, 0.25) is 0 Å². The second kappa shape index (κ2) is 6.57. The number of imidazole rings is 1. The number of aromatic nitrogens is 2. The van der Waals surface area contributed by atoms with Gasteiger partial charge in [-0.1, -0.05) is 20.8 Å². The average Bonchev–Trinajstić information content (AvgIpc) is 2.70. The van der Waals surface area contributed by atoms with Crippen LogP contribution in [0.4, 0.5) is 0 Å². The third-order valence-corrected chi connectivity index (χ3v) is 2.67. The molecule has 1 aromatic rings. The molecule has 102 valence electrons. The number of nitrogens with zero attached hydrogens (tertiary/aromatic N) is 2. The number of carbonyl (C=O) groups excluding carboxylic acids is 1. The summed E-state index contributed by atoms with van der Waals surface area (Å²) < 4.78 is 2.06. The molecule has 0 spiro atoms. The van der Waals surface area contributed by atoms with Gasteiger partial charge in [-0.25, -0.2) is 4.98 Å². The fraction of sp³-hybridized carbons (Fsp3) is 0.714. The summed E-state index contributed by atoms with van der Waals surface area (Å²) in [7, 11) is 0. The number of carbonyl (C=O) groups is 1. The second-order valence-electron chi connectivity index (χ2n) is 5.89. The van der Waals surface area contributed by atoms with E-state index in [1.165, 1.54) is 0 Å². The first kappa shape index (κ1) is 14.7. The van der Waals surface area contributed by atoms with Crippen LogP contribution in [-0.4, -0.2) is 22.0 Å². The van der Waals surface area contributed by atoms with Crippen molar-refractivity contribution in [2.45, 2.75) is 53.5 Å². The van der Waals surface area contributed by atoms with Gasteiger partial charge >= 0.3 is 0 Å². The molecule has 0 atom stereocenters. The van der Waals surface area contributed by atoms with E-state index in [-0.39, 0.29) is 11.3 Å².